The minimum atomic E-state index is -0.0244. The zero-order valence-electron chi connectivity index (χ0n) is 11.9. The van der Waals surface area contributed by atoms with Gasteiger partial charge in [0.1, 0.15) is 0 Å². The van der Waals surface area contributed by atoms with Gasteiger partial charge in [0.2, 0.25) is 0 Å². The van der Waals surface area contributed by atoms with Crippen molar-refractivity contribution >= 4 is 34.8 Å². The number of halogens is 2. The molecule has 1 heterocycles. The Bertz CT molecular complexity index is 555. The van der Waals surface area contributed by atoms with Crippen LogP contribution in [0.3, 0.4) is 0 Å². The predicted molar refractivity (Wildman–Crippen MR) is 86.9 cm³/mol. The van der Waals surface area contributed by atoms with Crippen molar-refractivity contribution in [2.45, 2.75) is 44.6 Å². The largest absolute Gasteiger partial charge is 0.399 e. The SMILES string of the molecule is Nc1cc(Cl)c(Cl)c(C(=O)N2CCCC2C2CCCC2)c1. The highest BCUT2D eigenvalue weighted by molar-refractivity contribution is 6.44. The number of benzene rings is 1. The van der Waals surface area contributed by atoms with Crippen molar-refractivity contribution in [3.63, 3.8) is 0 Å². The highest BCUT2D eigenvalue weighted by Gasteiger charge is 2.36. The van der Waals surface area contributed by atoms with E-state index < -0.39 is 0 Å². The minimum absolute atomic E-state index is 0.0244. The van der Waals surface area contributed by atoms with Gasteiger partial charge in [0.05, 0.1) is 15.6 Å². The quantitative estimate of drug-likeness (QED) is 0.820. The smallest absolute Gasteiger partial charge is 0.255 e. The molecule has 1 atom stereocenters. The number of amides is 1. The molecule has 0 radical (unpaired) electrons. The topological polar surface area (TPSA) is 46.3 Å². The summed E-state index contributed by atoms with van der Waals surface area (Å²) in [5.74, 6) is 0.621. The first-order valence-corrected chi connectivity index (χ1v) is 8.39. The maximum absolute atomic E-state index is 12.9. The fraction of sp³-hybridized carbons (Fsp3) is 0.562. The van der Waals surface area contributed by atoms with E-state index in [9.17, 15) is 4.79 Å². The van der Waals surface area contributed by atoms with Crippen molar-refractivity contribution < 1.29 is 4.79 Å². The number of nitrogen functional groups attached to an aromatic ring is 1. The third-order valence-corrected chi connectivity index (χ3v) is 5.59. The zero-order valence-corrected chi connectivity index (χ0v) is 13.5. The third kappa shape index (κ3) is 2.86. The number of rotatable bonds is 2. The van der Waals surface area contributed by atoms with Crippen molar-refractivity contribution in [3.8, 4) is 0 Å². The molecule has 0 spiro atoms. The van der Waals surface area contributed by atoms with Crippen LogP contribution < -0.4 is 5.73 Å². The molecular formula is C16H20Cl2N2O. The van der Waals surface area contributed by atoms with Crippen LogP contribution in [-0.4, -0.2) is 23.4 Å². The lowest BCUT2D eigenvalue weighted by Crippen LogP contribution is -2.39. The molecule has 1 aromatic rings. The molecule has 2 fully saturated rings. The first-order chi connectivity index (χ1) is 10.1. The highest BCUT2D eigenvalue weighted by Crippen LogP contribution is 2.37. The summed E-state index contributed by atoms with van der Waals surface area (Å²) < 4.78 is 0. The summed E-state index contributed by atoms with van der Waals surface area (Å²) in [7, 11) is 0. The van der Waals surface area contributed by atoms with Crippen molar-refractivity contribution in [1.82, 2.24) is 4.90 Å². The Balaban J connectivity index is 1.87. The molecule has 1 saturated heterocycles. The van der Waals surface area contributed by atoms with Crippen molar-refractivity contribution in [2.75, 3.05) is 12.3 Å². The molecule has 1 aliphatic heterocycles. The van der Waals surface area contributed by atoms with Crippen LogP contribution in [0.4, 0.5) is 5.69 Å². The van der Waals surface area contributed by atoms with E-state index in [0.29, 0.717) is 33.3 Å². The van der Waals surface area contributed by atoms with E-state index in [1.54, 1.807) is 12.1 Å². The van der Waals surface area contributed by atoms with E-state index >= 15 is 0 Å². The molecule has 3 nitrogen and oxygen atoms in total. The van der Waals surface area contributed by atoms with E-state index in [-0.39, 0.29) is 5.91 Å². The maximum atomic E-state index is 12.9. The van der Waals surface area contributed by atoms with Crippen molar-refractivity contribution in [2.24, 2.45) is 5.92 Å². The Hall–Kier alpha value is -0.930. The van der Waals surface area contributed by atoms with Crippen LogP contribution in [0.5, 0.6) is 0 Å². The molecule has 21 heavy (non-hydrogen) atoms. The second kappa shape index (κ2) is 6.05. The van der Waals surface area contributed by atoms with Gasteiger partial charge in [0, 0.05) is 18.3 Å². The third-order valence-electron chi connectivity index (χ3n) is 4.79. The van der Waals surface area contributed by atoms with Crippen LogP contribution >= 0.6 is 23.2 Å². The van der Waals surface area contributed by atoms with Gasteiger partial charge in [0.15, 0.2) is 0 Å². The Morgan fingerprint density at radius 2 is 1.86 bits per heavy atom. The number of likely N-dealkylation sites (tertiary alicyclic amines) is 1. The van der Waals surface area contributed by atoms with Gasteiger partial charge in [0.25, 0.3) is 5.91 Å². The highest BCUT2D eigenvalue weighted by atomic mass is 35.5. The molecule has 3 rings (SSSR count). The lowest BCUT2D eigenvalue weighted by molar-refractivity contribution is 0.0689. The summed E-state index contributed by atoms with van der Waals surface area (Å²) in [4.78, 5) is 14.9. The van der Waals surface area contributed by atoms with Gasteiger partial charge in [-0.25, -0.2) is 0 Å². The van der Waals surface area contributed by atoms with E-state index in [1.165, 1.54) is 25.7 Å². The number of hydrogen-bond donors (Lipinski definition) is 1. The molecule has 2 aliphatic rings. The summed E-state index contributed by atoms with van der Waals surface area (Å²) >= 11 is 12.3. The lowest BCUT2D eigenvalue weighted by Gasteiger charge is -2.30. The predicted octanol–water partition coefficient (Wildman–Crippen LogP) is 4.37. The number of nitrogens with zero attached hydrogens (tertiary/aromatic N) is 1. The van der Waals surface area contributed by atoms with Crippen LogP contribution in [-0.2, 0) is 0 Å². The monoisotopic (exact) mass is 326 g/mol. The maximum Gasteiger partial charge on any atom is 0.255 e. The van der Waals surface area contributed by atoms with E-state index in [4.69, 9.17) is 28.9 Å². The Kier molecular flexibility index (Phi) is 4.32. The molecule has 1 amide bonds. The van der Waals surface area contributed by atoms with Gasteiger partial charge >= 0.3 is 0 Å². The van der Waals surface area contributed by atoms with Crippen molar-refractivity contribution in [3.05, 3.63) is 27.7 Å². The number of carbonyl (C=O) groups is 1. The summed E-state index contributed by atoms with van der Waals surface area (Å²) in [6, 6.07) is 3.58. The number of nitrogens with two attached hydrogens (primary N) is 1. The zero-order chi connectivity index (χ0) is 15.0. The summed E-state index contributed by atoms with van der Waals surface area (Å²) in [5, 5.41) is 0.657. The number of carbonyl (C=O) groups excluding carboxylic acids is 1. The number of anilines is 1. The van der Waals surface area contributed by atoms with Gasteiger partial charge < -0.3 is 10.6 Å². The van der Waals surface area contributed by atoms with Crippen LogP contribution in [0.25, 0.3) is 0 Å². The molecule has 0 aromatic heterocycles. The minimum Gasteiger partial charge on any atom is -0.399 e. The Labute approximate surface area is 135 Å². The van der Waals surface area contributed by atoms with Crippen LogP contribution in [0.15, 0.2) is 12.1 Å². The average molecular weight is 327 g/mol. The number of hydrogen-bond acceptors (Lipinski definition) is 2. The van der Waals surface area contributed by atoms with E-state index in [2.05, 4.69) is 0 Å². The van der Waals surface area contributed by atoms with Crippen LogP contribution in [0.2, 0.25) is 10.0 Å². The fourth-order valence-electron chi connectivity index (χ4n) is 3.80. The molecule has 1 aromatic carbocycles. The Morgan fingerprint density at radius 3 is 2.57 bits per heavy atom. The van der Waals surface area contributed by atoms with Crippen LogP contribution in [0.1, 0.15) is 48.9 Å². The van der Waals surface area contributed by atoms with Gasteiger partial charge in [-0.15, -0.1) is 0 Å². The van der Waals surface area contributed by atoms with Gasteiger partial charge in [-0.05, 0) is 43.7 Å². The van der Waals surface area contributed by atoms with Gasteiger partial charge in [-0.2, -0.15) is 0 Å². The van der Waals surface area contributed by atoms with E-state index in [0.717, 1.165) is 19.4 Å². The molecular weight excluding hydrogens is 307 g/mol. The molecule has 1 saturated carbocycles. The molecule has 5 heteroatoms. The Morgan fingerprint density at radius 1 is 1.14 bits per heavy atom. The fourth-order valence-corrected chi connectivity index (χ4v) is 4.22. The summed E-state index contributed by atoms with van der Waals surface area (Å²) in [5.41, 5.74) is 6.72. The summed E-state index contributed by atoms with van der Waals surface area (Å²) in [6.45, 7) is 0.808. The molecule has 2 N–H and O–H groups in total. The summed E-state index contributed by atoms with van der Waals surface area (Å²) in [6.07, 6.45) is 7.21. The first kappa shape index (κ1) is 15.0. The molecule has 0 bridgehead atoms. The molecule has 1 aliphatic carbocycles. The normalized spacial score (nSPS) is 23.0. The first-order valence-electron chi connectivity index (χ1n) is 7.63. The van der Waals surface area contributed by atoms with Gasteiger partial charge in [-0.1, -0.05) is 36.0 Å². The van der Waals surface area contributed by atoms with Crippen molar-refractivity contribution in [1.29, 1.82) is 0 Å². The van der Waals surface area contributed by atoms with E-state index in [1.807, 2.05) is 4.90 Å². The second-order valence-electron chi connectivity index (χ2n) is 6.12. The molecule has 1 unspecified atom stereocenters. The average Bonchev–Trinajstić information content (AvgIpc) is 3.11. The second-order valence-corrected chi connectivity index (χ2v) is 6.90. The van der Waals surface area contributed by atoms with Crippen LogP contribution in [0, 0.1) is 5.92 Å². The molecule has 114 valence electrons. The van der Waals surface area contributed by atoms with Gasteiger partial charge in [-0.3, -0.25) is 4.79 Å². The standard InChI is InChI=1S/C16H20Cl2N2O/c17-13-9-11(19)8-12(15(13)18)16(21)20-7-3-6-14(20)10-4-1-2-5-10/h8-10,14H,1-7,19H2. The lowest BCUT2D eigenvalue weighted by atomic mass is 9.95.